The summed E-state index contributed by atoms with van der Waals surface area (Å²) in [5, 5.41) is 11.7. The van der Waals surface area contributed by atoms with Gasteiger partial charge in [-0.05, 0) is 117 Å². The van der Waals surface area contributed by atoms with Gasteiger partial charge in [0.2, 0.25) is 0 Å². The fraction of sp³-hybridized carbons (Fsp3) is 0.150. The Labute approximate surface area is 276 Å². The summed E-state index contributed by atoms with van der Waals surface area (Å²) in [6, 6.07) is 30.3. The van der Waals surface area contributed by atoms with E-state index in [0.29, 0.717) is 45.4 Å². The van der Waals surface area contributed by atoms with Crippen LogP contribution in [0.1, 0.15) is 39.5 Å². The first-order valence-electron chi connectivity index (χ1n) is 15.5. The first kappa shape index (κ1) is 30.8. The number of alkyl halides is 3. The van der Waals surface area contributed by atoms with Crippen molar-refractivity contribution in [1.82, 2.24) is 19.5 Å². The lowest BCUT2D eigenvalue weighted by Crippen LogP contribution is -2.05. The maximum Gasteiger partial charge on any atom is 0.416 e. The van der Waals surface area contributed by atoms with Gasteiger partial charge < -0.3 is 4.57 Å². The fourth-order valence-electron chi connectivity index (χ4n) is 6.61. The van der Waals surface area contributed by atoms with E-state index in [1.807, 2.05) is 44.2 Å². The Morgan fingerprint density at radius 2 is 1.12 bits per heavy atom. The van der Waals surface area contributed by atoms with Gasteiger partial charge in [-0.15, -0.1) is 0 Å². The van der Waals surface area contributed by atoms with Crippen molar-refractivity contribution in [2.24, 2.45) is 0 Å². The van der Waals surface area contributed by atoms with E-state index in [1.54, 1.807) is 19.1 Å². The summed E-state index contributed by atoms with van der Waals surface area (Å²) in [5.74, 6) is 1.64. The smallest absolute Gasteiger partial charge is 0.308 e. The molecule has 5 nitrogen and oxygen atoms in total. The highest BCUT2D eigenvalue weighted by molar-refractivity contribution is 6.12. The minimum absolute atomic E-state index is 0.467. The summed E-state index contributed by atoms with van der Waals surface area (Å²) < 4.78 is 43.6. The van der Waals surface area contributed by atoms with Crippen molar-refractivity contribution in [2.75, 3.05) is 0 Å². The first-order valence-corrected chi connectivity index (χ1v) is 15.5. The van der Waals surface area contributed by atoms with Crippen LogP contribution < -0.4 is 0 Å². The molecule has 0 atom stereocenters. The maximum atomic E-state index is 13.8. The molecule has 0 amide bonds. The van der Waals surface area contributed by atoms with Crippen molar-refractivity contribution in [3.8, 4) is 45.4 Å². The predicted molar refractivity (Wildman–Crippen MR) is 184 cm³/mol. The number of rotatable bonds is 4. The molecule has 0 aliphatic carbocycles. The highest BCUT2D eigenvalue weighted by atomic mass is 19.4. The van der Waals surface area contributed by atoms with Gasteiger partial charge in [0, 0.05) is 16.3 Å². The zero-order chi connectivity index (χ0) is 33.9. The molecule has 48 heavy (non-hydrogen) atoms. The Morgan fingerprint density at radius 3 is 1.67 bits per heavy atom. The third kappa shape index (κ3) is 5.58. The normalized spacial score (nSPS) is 11.7. The molecule has 0 N–H and O–H groups in total. The van der Waals surface area contributed by atoms with Crippen molar-refractivity contribution in [3.63, 3.8) is 0 Å². The van der Waals surface area contributed by atoms with Gasteiger partial charge in [-0.2, -0.15) is 18.4 Å². The van der Waals surface area contributed by atoms with Crippen LogP contribution >= 0.6 is 0 Å². The molecule has 0 spiro atoms. The summed E-state index contributed by atoms with van der Waals surface area (Å²) in [4.78, 5) is 13.6. The second-order valence-electron chi connectivity index (χ2n) is 12.4. The number of hydrogen-bond acceptors (Lipinski definition) is 4. The minimum atomic E-state index is -4.46. The molecule has 5 aromatic carbocycles. The van der Waals surface area contributed by atoms with E-state index in [-0.39, 0.29) is 0 Å². The van der Waals surface area contributed by atoms with Crippen molar-refractivity contribution < 1.29 is 13.2 Å². The third-order valence-electron chi connectivity index (χ3n) is 8.53. The van der Waals surface area contributed by atoms with E-state index in [9.17, 15) is 18.4 Å². The number of hydrogen-bond donors (Lipinski definition) is 0. The highest BCUT2D eigenvalue weighted by Gasteiger charge is 2.31. The molecule has 7 aromatic rings. The lowest BCUT2D eigenvalue weighted by Gasteiger charge is -2.15. The molecule has 0 bridgehead atoms. The molecule has 2 heterocycles. The molecule has 0 aliphatic heterocycles. The minimum Gasteiger partial charge on any atom is -0.308 e. The lowest BCUT2D eigenvalue weighted by atomic mass is 9.97. The lowest BCUT2D eigenvalue weighted by molar-refractivity contribution is -0.137. The number of aromatic nitrogens is 4. The number of halogens is 3. The van der Waals surface area contributed by atoms with Gasteiger partial charge in [-0.1, -0.05) is 47.5 Å². The van der Waals surface area contributed by atoms with E-state index in [1.165, 1.54) is 12.1 Å². The van der Waals surface area contributed by atoms with Gasteiger partial charge in [0.15, 0.2) is 5.82 Å². The van der Waals surface area contributed by atoms with Gasteiger partial charge in [0.05, 0.1) is 33.9 Å². The van der Waals surface area contributed by atoms with Gasteiger partial charge in [-0.25, -0.2) is 15.0 Å². The molecule has 0 aliphatic rings. The number of benzene rings is 5. The maximum absolute atomic E-state index is 13.8. The van der Waals surface area contributed by atoms with Crippen LogP contribution in [0.3, 0.4) is 0 Å². The number of aryl methyl sites for hydroxylation is 5. The highest BCUT2D eigenvalue weighted by Crippen LogP contribution is 2.40. The molecular weight excluding hydrogens is 607 g/mol. The Hall–Kier alpha value is -5.81. The van der Waals surface area contributed by atoms with Crippen LogP contribution in [0.5, 0.6) is 0 Å². The standard InChI is InChI=1S/C40H30F3N5/c1-22-12-23(2)14-30(13-22)28-7-10-36-34(19-28)35-20-29(31-15-24(3)16-32(18-31)40(41,42)43)8-11-37(35)48(36)38-17-27(21-44)6-9-33(38)39-46-25(4)45-26(5)47-39/h6-20H,1-5H3. The van der Waals surface area contributed by atoms with Gasteiger partial charge in [-0.3, -0.25) is 0 Å². The topological polar surface area (TPSA) is 67.4 Å². The summed E-state index contributed by atoms with van der Waals surface area (Å²) in [6.45, 7) is 9.44. The van der Waals surface area contributed by atoms with E-state index in [4.69, 9.17) is 0 Å². The van der Waals surface area contributed by atoms with Crippen molar-refractivity contribution in [2.45, 2.75) is 40.8 Å². The fourth-order valence-corrected chi connectivity index (χ4v) is 6.61. The molecule has 2 aromatic heterocycles. The second kappa shape index (κ2) is 11.5. The molecule has 7 rings (SSSR count). The molecule has 0 radical (unpaired) electrons. The van der Waals surface area contributed by atoms with E-state index < -0.39 is 11.7 Å². The molecule has 8 heteroatoms. The third-order valence-corrected chi connectivity index (χ3v) is 8.53. The Kier molecular flexibility index (Phi) is 7.36. The zero-order valence-electron chi connectivity index (χ0n) is 27.0. The van der Waals surface area contributed by atoms with Crippen LogP contribution in [0.15, 0.2) is 91.0 Å². The van der Waals surface area contributed by atoms with Crippen LogP contribution in [0.25, 0.3) is 61.1 Å². The molecular formula is C40H30F3N5. The molecule has 0 saturated carbocycles. The van der Waals surface area contributed by atoms with Crippen LogP contribution in [-0.4, -0.2) is 19.5 Å². The second-order valence-corrected chi connectivity index (χ2v) is 12.4. The predicted octanol–water partition coefficient (Wildman–Crippen LogP) is 10.4. The van der Waals surface area contributed by atoms with Crippen molar-refractivity contribution in [1.29, 1.82) is 5.26 Å². The van der Waals surface area contributed by atoms with Gasteiger partial charge in [0.1, 0.15) is 11.6 Å². The van der Waals surface area contributed by atoms with E-state index >= 15 is 0 Å². The molecule has 0 unspecified atom stereocenters. The Bertz CT molecular complexity index is 2430. The molecule has 0 saturated heterocycles. The van der Waals surface area contributed by atoms with Crippen LogP contribution in [0, 0.1) is 45.9 Å². The van der Waals surface area contributed by atoms with Crippen molar-refractivity contribution in [3.05, 3.63) is 130 Å². The SMILES string of the molecule is Cc1cc(C)cc(-c2ccc3c(c2)c2cc(-c4cc(C)cc(C(F)(F)F)c4)ccc2n3-c2cc(C#N)ccc2-c2nc(C)nc(C)n2)c1. The van der Waals surface area contributed by atoms with Crippen LogP contribution in [0.2, 0.25) is 0 Å². The van der Waals surface area contributed by atoms with Crippen molar-refractivity contribution >= 4 is 21.8 Å². The van der Waals surface area contributed by atoms with E-state index in [2.05, 4.69) is 75.8 Å². The molecule has 236 valence electrons. The largest absolute Gasteiger partial charge is 0.416 e. The number of nitriles is 1. The summed E-state index contributed by atoms with van der Waals surface area (Å²) in [5.41, 5.74) is 8.98. The molecule has 0 fully saturated rings. The summed E-state index contributed by atoms with van der Waals surface area (Å²) in [7, 11) is 0. The van der Waals surface area contributed by atoms with Crippen LogP contribution in [0.4, 0.5) is 13.2 Å². The number of nitrogens with zero attached hydrogens (tertiary/aromatic N) is 5. The monoisotopic (exact) mass is 637 g/mol. The summed E-state index contributed by atoms with van der Waals surface area (Å²) in [6.07, 6.45) is -4.46. The Morgan fingerprint density at radius 1 is 0.583 bits per heavy atom. The zero-order valence-corrected chi connectivity index (χ0v) is 27.0. The van der Waals surface area contributed by atoms with E-state index in [0.717, 1.165) is 49.6 Å². The van der Waals surface area contributed by atoms with Crippen LogP contribution in [-0.2, 0) is 6.18 Å². The first-order chi connectivity index (χ1) is 22.9. The Balaban J connectivity index is 1.56. The quantitative estimate of drug-likeness (QED) is 0.193. The van der Waals surface area contributed by atoms with Gasteiger partial charge in [0.25, 0.3) is 0 Å². The average molecular weight is 638 g/mol. The number of fused-ring (bicyclic) bond motifs is 3. The summed E-state index contributed by atoms with van der Waals surface area (Å²) >= 11 is 0. The van der Waals surface area contributed by atoms with Gasteiger partial charge >= 0.3 is 6.18 Å². The average Bonchev–Trinajstić information content (AvgIpc) is 3.35.